The highest BCUT2D eigenvalue weighted by Crippen LogP contribution is 2.12. The van der Waals surface area contributed by atoms with Crippen LogP contribution in [0.1, 0.15) is 50.0 Å². The van der Waals surface area contributed by atoms with Gasteiger partial charge in [0.15, 0.2) is 5.96 Å². The molecule has 31 heavy (non-hydrogen) atoms. The van der Waals surface area contributed by atoms with Gasteiger partial charge in [0.1, 0.15) is 0 Å². The third-order valence-corrected chi connectivity index (χ3v) is 5.65. The number of nitrogens with one attached hydrogen (secondary N) is 3. The second-order valence-corrected chi connectivity index (χ2v) is 8.25. The summed E-state index contributed by atoms with van der Waals surface area (Å²) in [5.74, 6) is 1.31. The molecule has 2 unspecified atom stereocenters. The lowest BCUT2D eigenvalue weighted by Gasteiger charge is -2.37. The van der Waals surface area contributed by atoms with Crippen molar-refractivity contribution in [3.8, 4) is 0 Å². The van der Waals surface area contributed by atoms with Gasteiger partial charge < -0.3 is 20.7 Å². The average Bonchev–Trinajstić information content (AvgIpc) is 2.76. The zero-order chi connectivity index (χ0) is 21.9. The number of morpholine rings is 1. The molecule has 3 N–H and O–H groups in total. The maximum Gasteiger partial charge on any atom is 0.251 e. The molecule has 0 aliphatic carbocycles. The maximum absolute atomic E-state index is 12.2. The molecule has 0 aromatic heterocycles. The third-order valence-electron chi connectivity index (χ3n) is 5.65. The van der Waals surface area contributed by atoms with Crippen molar-refractivity contribution in [2.75, 3.05) is 39.9 Å². The Morgan fingerprint density at radius 2 is 1.77 bits per heavy atom. The largest absolute Gasteiger partial charge is 0.379 e. The normalized spacial score (nSPS) is 16.9. The molecule has 1 saturated heterocycles. The fourth-order valence-electron chi connectivity index (χ4n) is 3.49. The average molecular weight is 546 g/mol. The summed E-state index contributed by atoms with van der Waals surface area (Å²) < 4.78 is 5.49. The van der Waals surface area contributed by atoms with Gasteiger partial charge in [-0.1, -0.05) is 32.9 Å². The maximum atomic E-state index is 12.2. The van der Waals surface area contributed by atoms with Crippen molar-refractivity contribution in [1.82, 2.24) is 20.9 Å². The van der Waals surface area contributed by atoms with Crippen molar-refractivity contribution in [3.05, 3.63) is 35.4 Å². The van der Waals surface area contributed by atoms with Crippen LogP contribution in [0.2, 0.25) is 0 Å². The first-order valence-electron chi connectivity index (χ1n) is 11.1. The molecule has 1 amide bonds. The molecule has 176 valence electrons. The van der Waals surface area contributed by atoms with Gasteiger partial charge in [-0.25, -0.2) is 0 Å². The van der Waals surface area contributed by atoms with E-state index in [2.05, 4.69) is 46.6 Å². The lowest BCUT2D eigenvalue weighted by Crippen LogP contribution is -2.52. The van der Waals surface area contributed by atoms with E-state index in [1.807, 2.05) is 31.2 Å². The molecule has 0 bridgehead atoms. The molecule has 0 saturated carbocycles. The van der Waals surface area contributed by atoms with Crippen LogP contribution in [0.4, 0.5) is 0 Å². The van der Waals surface area contributed by atoms with Crippen molar-refractivity contribution < 1.29 is 9.53 Å². The van der Waals surface area contributed by atoms with Gasteiger partial charge in [-0.15, -0.1) is 24.0 Å². The fraction of sp³-hybridized carbons (Fsp3) is 0.652. The molecule has 2 atom stereocenters. The second-order valence-electron chi connectivity index (χ2n) is 8.25. The van der Waals surface area contributed by atoms with E-state index in [9.17, 15) is 4.79 Å². The van der Waals surface area contributed by atoms with Crippen LogP contribution in [0, 0.1) is 5.92 Å². The molecule has 1 aliphatic heterocycles. The van der Waals surface area contributed by atoms with Gasteiger partial charge in [0, 0.05) is 50.9 Å². The van der Waals surface area contributed by atoms with Crippen molar-refractivity contribution in [2.24, 2.45) is 10.9 Å². The number of hydrogen-bond acceptors (Lipinski definition) is 4. The number of carbonyl (C=O) groups excluding carboxylic acids is 1. The number of rotatable bonds is 9. The summed E-state index contributed by atoms with van der Waals surface area (Å²) in [7, 11) is 1.79. The molecule has 1 fully saturated rings. The number of hydrogen-bond donors (Lipinski definition) is 3. The van der Waals surface area contributed by atoms with Gasteiger partial charge in [-0.05, 0) is 37.0 Å². The Kier molecular flexibility index (Phi) is 13.0. The highest BCUT2D eigenvalue weighted by Gasteiger charge is 2.23. The van der Waals surface area contributed by atoms with Crippen molar-refractivity contribution in [3.63, 3.8) is 0 Å². The summed E-state index contributed by atoms with van der Waals surface area (Å²) in [6, 6.07) is 8.33. The summed E-state index contributed by atoms with van der Waals surface area (Å²) in [6.07, 6.45) is 0.920. The monoisotopic (exact) mass is 545 g/mol. The van der Waals surface area contributed by atoms with E-state index in [4.69, 9.17) is 4.74 Å². The molecule has 0 spiro atoms. The first-order valence-corrected chi connectivity index (χ1v) is 11.1. The molecule has 2 rings (SSSR count). The standard InChI is InChI=1S/C23H39N5O2.HI/c1-6-18(4)27-22(29)20-9-7-19(8-10-20)15-25-23(24-5)26-16-21(17(2)3)28-11-13-30-14-12-28;/h7-10,17-18,21H,6,11-16H2,1-5H3,(H,27,29)(H2,24,25,26);1H. The van der Waals surface area contributed by atoms with Gasteiger partial charge >= 0.3 is 0 Å². The van der Waals surface area contributed by atoms with Crippen LogP contribution in [0.3, 0.4) is 0 Å². The Morgan fingerprint density at radius 3 is 2.32 bits per heavy atom. The Labute approximate surface area is 204 Å². The molecular formula is C23H40IN5O2. The first-order chi connectivity index (χ1) is 14.4. The smallest absolute Gasteiger partial charge is 0.251 e. The molecule has 0 radical (unpaired) electrons. The summed E-state index contributed by atoms with van der Waals surface area (Å²) >= 11 is 0. The third kappa shape index (κ3) is 9.33. The number of guanidine groups is 1. The summed E-state index contributed by atoms with van der Waals surface area (Å²) in [6.45, 7) is 13.7. The fourth-order valence-corrected chi connectivity index (χ4v) is 3.49. The lowest BCUT2D eigenvalue weighted by molar-refractivity contribution is 0.00752. The first kappa shape index (κ1) is 27.6. The number of ether oxygens (including phenoxy) is 1. The molecular weight excluding hydrogens is 505 g/mol. The van der Waals surface area contributed by atoms with E-state index < -0.39 is 0 Å². The molecule has 8 heteroatoms. The van der Waals surface area contributed by atoms with Gasteiger partial charge in [-0.3, -0.25) is 14.7 Å². The Morgan fingerprint density at radius 1 is 1.13 bits per heavy atom. The molecule has 1 aromatic carbocycles. The van der Waals surface area contributed by atoms with Crippen LogP contribution >= 0.6 is 24.0 Å². The van der Waals surface area contributed by atoms with E-state index in [-0.39, 0.29) is 35.9 Å². The Hall–Kier alpha value is -1.39. The minimum Gasteiger partial charge on any atom is -0.379 e. The van der Waals surface area contributed by atoms with Gasteiger partial charge in [0.25, 0.3) is 5.91 Å². The van der Waals surface area contributed by atoms with Gasteiger partial charge in [0.2, 0.25) is 0 Å². The van der Waals surface area contributed by atoms with Gasteiger partial charge in [0.05, 0.1) is 13.2 Å². The van der Waals surface area contributed by atoms with Crippen molar-refractivity contribution in [1.29, 1.82) is 0 Å². The summed E-state index contributed by atoms with van der Waals surface area (Å²) in [4.78, 5) is 19.1. The van der Waals surface area contributed by atoms with Crippen LogP contribution < -0.4 is 16.0 Å². The quantitative estimate of drug-likeness (QED) is 0.253. The van der Waals surface area contributed by atoms with Crippen LogP contribution in [0.25, 0.3) is 0 Å². The predicted molar refractivity (Wildman–Crippen MR) is 138 cm³/mol. The van der Waals surface area contributed by atoms with E-state index in [1.54, 1.807) is 7.05 Å². The zero-order valence-electron chi connectivity index (χ0n) is 19.6. The van der Waals surface area contributed by atoms with E-state index in [0.717, 1.165) is 50.8 Å². The topological polar surface area (TPSA) is 78.0 Å². The van der Waals surface area contributed by atoms with Crippen molar-refractivity contribution in [2.45, 2.75) is 52.7 Å². The number of amides is 1. The minimum atomic E-state index is -0.0239. The SMILES string of the molecule is CCC(C)NC(=O)c1ccc(CNC(=NC)NCC(C(C)C)N2CCOCC2)cc1.I. The predicted octanol–water partition coefficient (Wildman–Crippen LogP) is 2.85. The van der Waals surface area contributed by atoms with Crippen LogP contribution in [-0.4, -0.2) is 68.7 Å². The number of carbonyl (C=O) groups is 1. The number of aliphatic imine (C=N–C) groups is 1. The van der Waals surface area contributed by atoms with Gasteiger partial charge in [-0.2, -0.15) is 0 Å². The summed E-state index contributed by atoms with van der Waals surface area (Å²) in [5, 5.41) is 9.83. The molecule has 1 heterocycles. The lowest BCUT2D eigenvalue weighted by atomic mass is 10.0. The molecule has 1 aromatic rings. The number of benzene rings is 1. The Balaban J connectivity index is 0.00000480. The number of halogens is 1. The second kappa shape index (κ2) is 14.6. The van der Waals surface area contributed by atoms with Crippen LogP contribution in [0.5, 0.6) is 0 Å². The van der Waals surface area contributed by atoms with E-state index in [1.165, 1.54) is 0 Å². The van der Waals surface area contributed by atoms with Crippen LogP contribution in [-0.2, 0) is 11.3 Å². The minimum absolute atomic E-state index is 0. The Bertz CT molecular complexity index is 675. The molecule has 1 aliphatic rings. The van der Waals surface area contributed by atoms with Crippen LogP contribution in [0.15, 0.2) is 29.3 Å². The molecule has 7 nitrogen and oxygen atoms in total. The summed E-state index contributed by atoms with van der Waals surface area (Å²) in [5.41, 5.74) is 1.79. The van der Waals surface area contributed by atoms with Crippen molar-refractivity contribution >= 4 is 35.8 Å². The highest BCUT2D eigenvalue weighted by molar-refractivity contribution is 14.0. The van der Waals surface area contributed by atoms with E-state index in [0.29, 0.717) is 24.1 Å². The highest BCUT2D eigenvalue weighted by atomic mass is 127. The van der Waals surface area contributed by atoms with E-state index >= 15 is 0 Å². The number of nitrogens with zero attached hydrogens (tertiary/aromatic N) is 2. The zero-order valence-corrected chi connectivity index (χ0v) is 21.9.